The minimum absolute atomic E-state index is 0.958. The molecule has 1 aromatic rings. The Bertz CT molecular complexity index is 217. The average molecular weight is 137 g/mol. The van der Waals surface area contributed by atoms with Gasteiger partial charge in [0.15, 0.2) is 5.82 Å². The van der Waals surface area contributed by atoms with Crippen molar-refractivity contribution < 1.29 is 0 Å². The monoisotopic (exact) mass is 137 g/mol. The predicted octanol–water partition coefficient (Wildman–Crippen LogP) is 0.787. The molecule has 1 aliphatic rings. The summed E-state index contributed by atoms with van der Waals surface area (Å²) in [7, 11) is 0. The van der Waals surface area contributed by atoms with Gasteiger partial charge >= 0.3 is 0 Å². The Morgan fingerprint density at radius 1 is 1.60 bits per heavy atom. The number of rotatable bonds is 1. The molecule has 0 atom stereocenters. The van der Waals surface area contributed by atoms with Crippen LogP contribution < -0.4 is 0 Å². The number of hydrogen-bond acceptors (Lipinski definition) is 2. The van der Waals surface area contributed by atoms with Gasteiger partial charge in [0.25, 0.3) is 0 Å². The SMILES string of the molecule is CCc1nc2n(n1)CCC2. The Morgan fingerprint density at radius 2 is 2.50 bits per heavy atom. The fraction of sp³-hybridized carbons (Fsp3) is 0.714. The van der Waals surface area contributed by atoms with Gasteiger partial charge in [-0.15, -0.1) is 0 Å². The van der Waals surface area contributed by atoms with Gasteiger partial charge in [-0.1, -0.05) is 6.92 Å². The third-order valence-corrected chi connectivity index (χ3v) is 1.88. The van der Waals surface area contributed by atoms with E-state index in [0.29, 0.717) is 0 Å². The first-order valence-corrected chi connectivity index (χ1v) is 3.82. The fourth-order valence-corrected chi connectivity index (χ4v) is 1.33. The summed E-state index contributed by atoms with van der Waals surface area (Å²) in [6, 6.07) is 0. The van der Waals surface area contributed by atoms with Crippen molar-refractivity contribution in [3.63, 3.8) is 0 Å². The lowest BCUT2D eigenvalue weighted by Crippen LogP contribution is -1.94. The van der Waals surface area contributed by atoms with Crippen molar-refractivity contribution in [1.29, 1.82) is 0 Å². The van der Waals surface area contributed by atoms with Crippen LogP contribution in [0.2, 0.25) is 0 Å². The van der Waals surface area contributed by atoms with Crippen LogP contribution in [0.15, 0.2) is 0 Å². The van der Waals surface area contributed by atoms with Crippen molar-refractivity contribution in [3.05, 3.63) is 11.6 Å². The van der Waals surface area contributed by atoms with Gasteiger partial charge in [-0.25, -0.2) is 9.67 Å². The highest BCUT2D eigenvalue weighted by Gasteiger charge is 2.13. The maximum absolute atomic E-state index is 4.36. The third kappa shape index (κ3) is 0.735. The van der Waals surface area contributed by atoms with Gasteiger partial charge < -0.3 is 0 Å². The van der Waals surface area contributed by atoms with E-state index < -0.39 is 0 Å². The lowest BCUT2D eigenvalue weighted by Gasteiger charge is -1.87. The van der Waals surface area contributed by atoms with Crippen LogP contribution >= 0.6 is 0 Å². The Balaban J connectivity index is 2.37. The maximum Gasteiger partial charge on any atom is 0.150 e. The van der Waals surface area contributed by atoms with Crippen LogP contribution in [0.4, 0.5) is 0 Å². The van der Waals surface area contributed by atoms with Gasteiger partial charge in [0.1, 0.15) is 5.82 Å². The summed E-state index contributed by atoms with van der Waals surface area (Å²) >= 11 is 0. The number of aryl methyl sites for hydroxylation is 3. The summed E-state index contributed by atoms with van der Waals surface area (Å²) in [6.45, 7) is 3.16. The first-order chi connectivity index (χ1) is 4.90. The van der Waals surface area contributed by atoms with Gasteiger partial charge in [-0.05, 0) is 6.42 Å². The molecule has 54 valence electrons. The van der Waals surface area contributed by atoms with Crippen LogP contribution in [-0.4, -0.2) is 14.8 Å². The molecule has 0 amide bonds. The van der Waals surface area contributed by atoms with E-state index in [1.165, 1.54) is 12.2 Å². The molecular formula is C7H11N3. The summed E-state index contributed by atoms with van der Waals surface area (Å²) in [6.07, 6.45) is 3.30. The summed E-state index contributed by atoms with van der Waals surface area (Å²) in [5, 5.41) is 4.31. The highest BCUT2D eigenvalue weighted by Crippen LogP contribution is 2.10. The molecule has 0 spiro atoms. The molecule has 0 saturated carbocycles. The van der Waals surface area contributed by atoms with Crippen LogP contribution in [0.1, 0.15) is 25.0 Å². The molecule has 2 rings (SSSR count). The number of fused-ring (bicyclic) bond motifs is 1. The summed E-state index contributed by atoms with van der Waals surface area (Å²) in [5.74, 6) is 2.17. The lowest BCUT2D eigenvalue weighted by atomic mass is 10.3. The van der Waals surface area contributed by atoms with Crippen LogP contribution in [0.5, 0.6) is 0 Å². The van der Waals surface area contributed by atoms with Crippen LogP contribution in [0, 0.1) is 0 Å². The van der Waals surface area contributed by atoms with Crippen molar-refractivity contribution in [2.45, 2.75) is 32.7 Å². The van der Waals surface area contributed by atoms with Gasteiger partial charge in [0, 0.05) is 19.4 Å². The van der Waals surface area contributed by atoms with E-state index in [1.807, 2.05) is 4.68 Å². The highest BCUT2D eigenvalue weighted by molar-refractivity contribution is 4.96. The molecule has 3 nitrogen and oxygen atoms in total. The Kier molecular flexibility index (Phi) is 1.22. The van der Waals surface area contributed by atoms with Crippen molar-refractivity contribution in [2.75, 3.05) is 0 Å². The molecule has 1 aliphatic heterocycles. The van der Waals surface area contributed by atoms with E-state index in [4.69, 9.17) is 0 Å². The van der Waals surface area contributed by atoms with Crippen molar-refractivity contribution in [1.82, 2.24) is 14.8 Å². The molecule has 0 saturated heterocycles. The zero-order valence-corrected chi connectivity index (χ0v) is 6.17. The van der Waals surface area contributed by atoms with Crippen LogP contribution in [0.3, 0.4) is 0 Å². The van der Waals surface area contributed by atoms with E-state index in [2.05, 4.69) is 17.0 Å². The quantitative estimate of drug-likeness (QED) is 0.573. The smallest absolute Gasteiger partial charge is 0.150 e. The van der Waals surface area contributed by atoms with E-state index >= 15 is 0 Å². The highest BCUT2D eigenvalue weighted by atomic mass is 15.4. The Morgan fingerprint density at radius 3 is 3.20 bits per heavy atom. The summed E-state index contributed by atoms with van der Waals surface area (Å²) < 4.78 is 2.03. The van der Waals surface area contributed by atoms with E-state index in [1.54, 1.807) is 0 Å². The molecule has 0 unspecified atom stereocenters. The largest absolute Gasteiger partial charge is 0.250 e. The normalized spacial score (nSPS) is 15.7. The second-order valence-corrected chi connectivity index (χ2v) is 2.62. The Hall–Kier alpha value is -0.860. The van der Waals surface area contributed by atoms with Gasteiger partial charge in [-0.3, -0.25) is 0 Å². The van der Waals surface area contributed by atoms with Crippen LogP contribution in [-0.2, 0) is 19.4 Å². The molecule has 0 aromatic carbocycles. The lowest BCUT2D eigenvalue weighted by molar-refractivity contribution is 0.645. The fourth-order valence-electron chi connectivity index (χ4n) is 1.33. The molecule has 0 N–H and O–H groups in total. The summed E-state index contributed by atoms with van der Waals surface area (Å²) in [4.78, 5) is 4.36. The van der Waals surface area contributed by atoms with Gasteiger partial charge in [-0.2, -0.15) is 5.10 Å². The van der Waals surface area contributed by atoms with Gasteiger partial charge in [0.2, 0.25) is 0 Å². The van der Waals surface area contributed by atoms with E-state index in [9.17, 15) is 0 Å². The zero-order valence-electron chi connectivity index (χ0n) is 6.17. The topological polar surface area (TPSA) is 30.7 Å². The molecule has 3 heteroatoms. The zero-order chi connectivity index (χ0) is 6.97. The molecule has 1 aromatic heterocycles. The standard InChI is InChI=1S/C7H11N3/c1-2-6-8-7-4-3-5-10(7)9-6/h2-5H2,1H3. The maximum atomic E-state index is 4.36. The average Bonchev–Trinajstić information content (AvgIpc) is 2.42. The molecule has 0 radical (unpaired) electrons. The number of hydrogen-bond donors (Lipinski definition) is 0. The molecule has 0 fully saturated rings. The first-order valence-electron chi connectivity index (χ1n) is 3.82. The molecular weight excluding hydrogens is 126 g/mol. The van der Waals surface area contributed by atoms with Crippen LogP contribution in [0.25, 0.3) is 0 Å². The van der Waals surface area contributed by atoms with Crippen molar-refractivity contribution in [2.24, 2.45) is 0 Å². The second kappa shape index (κ2) is 2.08. The molecule has 10 heavy (non-hydrogen) atoms. The minimum Gasteiger partial charge on any atom is -0.250 e. The predicted molar refractivity (Wildman–Crippen MR) is 37.7 cm³/mol. The number of aromatic nitrogens is 3. The third-order valence-electron chi connectivity index (χ3n) is 1.88. The molecule has 2 heterocycles. The van der Waals surface area contributed by atoms with Gasteiger partial charge in [0.05, 0.1) is 0 Å². The van der Waals surface area contributed by atoms with E-state index in [0.717, 1.165) is 25.2 Å². The van der Waals surface area contributed by atoms with E-state index in [-0.39, 0.29) is 0 Å². The molecule has 0 bridgehead atoms. The molecule has 0 aliphatic carbocycles. The number of nitrogens with zero attached hydrogens (tertiary/aromatic N) is 3. The van der Waals surface area contributed by atoms with Crippen molar-refractivity contribution >= 4 is 0 Å². The summed E-state index contributed by atoms with van der Waals surface area (Å²) in [5.41, 5.74) is 0. The Labute approximate surface area is 60.1 Å². The first kappa shape index (κ1) is 5.89. The minimum atomic E-state index is 0.958. The second-order valence-electron chi connectivity index (χ2n) is 2.62. The van der Waals surface area contributed by atoms with Crippen molar-refractivity contribution in [3.8, 4) is 0 Å².